The number of esters is 1. The first-order valence-electron chi connectivity index (χ1n) is 8.85. The summed E-state index contributed by atoms with van der Waals surface area (Å²) in [6.45, 7) is 1.52. The van der Waals surface area contributed by atoms with Crippen molar-refractivity contribution in [2.75, 3.05) is 0 Å². The minimum absolute atomic E-state index is 0.0494. The summed E-state index contributed by atoms with van der Waals surface area (Å²) >= 11 is 1.06. The van der Waals surface area contributed by atoms with Crippen LogP contribution < -0.4 is 15.8 Å². The van der Waals surface area contributed by atoms with Crippen LogP contribution in [0.5, 0.6) is 5.75 Å². The normalized spacial score (nSPS) is 12.4. The zero-order valence-electron chi connectivity index (χ0n) is 16.5. The molecule has 10 nitrogen and oxygen atoms in total. The van der Waals surface area contributed by atoms with Crippen molar-refractivity contribution < 1.29 is 38.5 Å². The number of carbonyl (C=O) groups excluding carboxylic acids is 2. The van der Waals surface area contributed by atoms with Crippen LogP contribution in [0, 0.1) is 17.1 Å². The van der Waals surface area contributed by atoms with Crippen molar-refractivity contribution in [2.45, 2.75) is 18.7 Å². The van der Waals surface area contributed by atoms with Crippen molar-refractivity contribution in [1.82, 2.24) is 5.32 Å². The number of hydrogen-bond donors (Lipinski definition) is 5. The number of rotatable bonds is 9. The number of nitrogens with two attached hydrogens (primary N) is 1. The number of thiophene rings is 1. The van der Waals surface area contributed by atoms with E-state index in [1.165, 1.54) is 25.1 Å². The van der Waals surface area contributed by atoms with E-state index in [1.807, 2.05) is 0 Å². The Balaban J connectivity index is 2.00. The molecule has 0 saturated heterocycles. The van der Waals surface area contributed by atoms with Gasteiger partial charge in [0.05, 0.1) is 0 Å². The highest BCUT2D eigenvalue weighted by Crippen LogP contribution is 2.24. The summed E-state index contributed by atoms with van der Waals surface area (Å²) in [6.07, 6.45) is 0.148. The van der Waals surface area contributed by atoms with Gasteiger partial charge in [0.2, 0.25) is 5.91 Å². The molecule has 1 aromatic heterocycles. The third kappa shape index (κ3) is 6.78. The molecule has 32 heavy (non-hydrogen) atoms. The van der Waals surface area contributed by atoms with E-state index >= 15 is 0 Å². The van der Waals surface area contributed by atoms with Gasteiger partial charge in [0.25, 0.3) is 0 Å². The summed E-state index contributed by atoms with van der Waals surface area (Å²) in [6, 6.07) is 6.49. The van der Waals surface area contributed by atoms with Crippen molar-refractivity contribution >= 4 is 52.1 Å². The van der Waals surface area contributed by atoms with E-state index in [2.05, 4.69) is 5.32 Å². The van der Waals surface area contributed by atoms with E-state index in [4.69, 9.17) is 26.1 Å². The smallest absolute Gasteiger partial charge is 0.367 e. The molecule has 2 atom stereocenters. The molecule has 0 aliphatic carbocycles. The number of thioether (sulfide) groups is 1. The molecular weight excluding hydrogens is 465 g/mol. The summed E-state index contributed by atoms with van der Waals surface area (Å²) in [5.74, 6) is -5.24. The van der Waals surface area contributed by atoms with E-state index in [0.29, 0.717) is 4.88 Å². The second kappa shape index (κ2) is 10.7. The highest BCUT2D eigenvalue weighted by molar-refractivity contribution is 8.14. The van der Waals surface area contributed by atoms with Crippen LogP contribution in [0.1, 0.15) is 27.0 Å². The number of carboxylic acid groups (broad SMARTS) is 2. The molecule has 0 saturated carbocycles. The van der Waals surface area contributed by atoms with Crippen molar-refractivity contribution in [3.63, 3.8) is 0 Å². The van der Waals surface area contributed by atoms with Crippen LogP contribution in [0.4, 0.5) is 9.18 Å². The van der Waals surface area contributed by atoms with Crippen LogP contribution >= 0.6 is 23.1 Å². The van der Waals surface area contributed by atoms with Crippen molar-refractivity contribution in [3.05, 3.63) is 51.5 Å². The Morgan fingerprint density at radius 2 is 1.94 bits per heavy atom. The van der Waals surface area contributed by atoms with Gasteiger partial charge in [0.1, 0.15) is 10.7 Å². The molecule has 1 unspecified atom stereocenters. The number of aliphatic carboxylic acids is 1. The van der Waals surface area contributed by atoms with E-state index in [1.54, 1.807) is 6.07 Å². The Morgan fingerprint density at radius 1 is 1.25 bits per heavy atom. The highest BCUT2D eigenvalue weighted by Gasteiger charge is 2.26. The van der Waals surface area contributed by atoms with Gasteiger partial charge in [-0.3, -0.25) is 10.2 Å². The van der Waals surface area contributed by atoms with E-state index in [-0.39, 0.29) is 40.2 Å². The van der Waals surface area contributed by atoms with E-state index in [9.17, 15) is 23.6 Å². The predicted molar refractivity (Wildman–Crippen MR) is 115 cm³/mol. The van der Waals surface area contributed by atoms with Gasteiger partial charge in [-0.2, -0.15) is 0 Å². The lowest BCUT2D eigenvalue weighted by Crippen LogP contribution is -2.42. The molecule has 1 amide bonds. The summed E-state index contributed by atoms with van der Waals surface area (Å²) in [5, 5.41) is 24.0. The monoisotopic (exact) mass is 483 g/mol. The molecule has 6 N–H and O–H groups in total. The third-order valence-corrected chi connectivity index (χ3v) is 5.82. The second-order valence-electron chi connectivity index (χ2n) is 6.43. The number of amidine groups is 1. The quantitative estimate of drug-likeness (QED) is 0.118. The average molecular weight is 483 g/mol. The molecular formula is C19H18FN3O7S2. The second-order valence-corrected chi connectivity index (χ2v) is 8.65. The first-order valence-corrected chi connectivity index (χ1v) is 10.5. The predicted octanol–water partition coefficient (Wildman–Crippen LogP) is 2.51. The maximum atomic E-state index is 14.0. The maximum absolute atomic E-state index is 14.0. The average Bonchev–Trinajstić information content (AvgIpc) is 3.16. The molecule has 2 rings (SSSR count). The molecule has 0 spiro atoms. The number of carboxylic acids is 1. The fraction of sp³-hybridized carbons (Fsp3) is 0.211. The third-order valence-electron chi connectivity index (χ3n) is 3.98. The first kappa shape index (κ1) is 24.8. The van der Waals surface area contributed by atoms with Crippen LogP contribution in [-0.2, 0) is 16.0 Å². The summed E-state index contributed by atoms with van der Waals surface area (Å²) < 4.78 is 19.1. The zero-order chi connectivity index (χ0) is 24.0. The number of halogens is 1. The molecule has 1 heterocycles. The lowest BCUT2D eigenvalue weighted by molar-refractivity contribution is -0.139. The Bertz CT molecular complexity index is 1070. The molecule has 0 fully saturated rings. The van der Waals surface area contributed by atoms with Crippen LogP contribution in [0.2, 0.25) is 0 Å². The van der Waals surface area contributed by atoms with Crippen molar-refractivity contribution in [1.29, 1.82) is 5.41 Å². The van der Waals surface area contributed by atoms with E-state index < -0.39 is 40.3 Å². The molecule has 0 bridgehead atoms. The van der Waals surface area contributed by atoms with Crippen molar-refractivity contribution in [3.8, 4) is 5.75 Å². The standard InChI is InChI=1S/C19H18FN3O7S2/c1-8(15(24)23-16(17(25)26)32-19(28)29)6-10-3-5-13(31-10)18(27)30-12-4-2-9(14(21)22)7-11(12)20/h2-5,7-8,16H,6H2,1H3,(H3,21,22)(H,23,24)(H,25,26)(H,28,29)/t8?,16-/m0/s1. The fourth-order valence-corrected chi connectivity index (χ4v) is 3.90. The molecule has 13 heteroatoms. The van der Waals surface area contributed by atoms with Gasteiger partial charge in [-0.05, 0) is 48.5 Å². The van der Waals surface area contributed by atoms with Gasteiger partial charge in [-0.15, -0.1) is 11.3 Å². The fourth-order valence-electron chi connectivity index (χ4n) is 2.41. The number of nitrogen functional groups attached to an aromatic ring is 1. The number of amides is 1. The molecule has 0 aliphatic rings. The van der Waals surface area contributed by atoms with Gasteiger partial charge >= 0.3 is 17.2 Å². The number of nitrogens with one attached hydrogen (secondary N) is 2. The van der Waals surface area contributed by atoms with Crippen molar-refractivity contribution in [2.24, 2.45) is 11.7 Å². The molecule has 170 valence electrons. The summed E-state index contributed by atoms with van der Waals surface area (Å²) in [5.41, 5.74) is 5.42. The summed E-state index contributed by atoms with van der Waals surface area (Å²) in [7, 11) is 0. The molecule has 1 aromatic carbocycles. The van der Waals surface area contributed by atoms with Crippen LogP contribution in [0.25, 0.3) is 0 Å². The Labute approximate surface area is 189 Å². The van der Waals surface area contributed by atoms with Crippen LogP contribution in [-0.4, -0.2) is 44.6 Å². The Kier molecular flexibility index (Phi) is 8.32. The molecule has 2 aromatic rings. The largest absolute Gasteiger partial charge is 0.479 e. The first-order chi connectivity index (χ1) is 15.0. The maximum Gasteiger partial charge on any atom is 0.367 e. The minimum atomic E-state index is -1.64. The number of ether oxygens (including phenoxy) is 1. The minimum Gasteiger partial charge on any atom is -0.479 e. The van der Waals surface area contributed by atoms with Gasteiger partial charge in [0, 0.05) is 16.4 Å². The van der Waals surface area contributed by atoms with Gasteiger partial charge in [0.15, 0.2) is 16.9 Å². The van der Waals surface area contributed by atoms with Crippen LogP contribution in [0.15, 0.2) is 30.3 Å². The Morgan fingerprint density at radius 3 is 2.50 bits per heavy atom. The number of hydrogen-bond acceptors (Lipinski definition) is 8. The number of carbonyl (C=O) groups is 4. The molecule has 0 aliphatic heterocycles. The lowest BCUT2D eigenvalue weighted by Gasteiger charge is -2.15. The van der Waals surface area contributed by atoms with Gasteiger partial charge in [-0.1, -0.05) is 6.92 Å². The zero-order valence-corrected chi connectivity index (χ0v) is 18.1. The Hall–Kier alpha value is -3.45. The van der Waals surface area contributed by atoms with E-state index in [0.717, 1.165) is 17.4 Å². The van der Waals surface area contributed by atoms with Crippen LogP contribution in [0.3, 0.4) is 0 Å². The molecule has 0 radical (unpaired) electrons. The van der Waals surface area contributed by atoms with Gasteiger partial charge < -0.3 is 26.0 Å². The SMILES string of the molecule is CC(Cc1ccc(C(=O)Oc2ccc(C(=N)N)cc2F)s1)C(=O)N[C@@H](SC(=O)O)C(=O)O. The highest BCUT2D eigenvalue weighted by atomic mass is 32.2. The topological polar surface area (TPSA) is 180 Å². The number of benzene rings is 1. The van der Waals surface area contributed by atoms with Gasteiger partial charge in [-0.25, -0.2) is 18.8 Å². The summed E-state index contributed by atoms with van der Waals surface area (Å²) in [4.78, 5) is 47.0. The lowest BCUT2D eigenvalue weighted by atomic mass is 10.1.